The van der Waals surface area contributed by atoms with Gasteiger partial charge in [0.1, 0.15) is 5.65 Å². The van der Waals surface area contributed by atoms with E-state index in [9.17, 15) is 4.79 Å². The number of nitrogens with one attached hydrogen (secondary N) is 1. The fourth-order valence-corrected chi connectivity index (χ4v) is 3.50. The highest BCUT2D eigenvalue weighted by molar-refractivity contribution is 6.19. The summed E-state index contributed by atoms with van der Waals surface area (Å²) >= 11 is 0. The number of aromatic nitrogens is 2. The van der Waals surface area contributed by atoms with Gasteiger partial charge in [-0.25, -0.2) is 0 Å². The molecule has 3 aromatic carbocycles. The molecule has 0 unspecified atom stereocenters. The minimum absolute atomic E-state index is 0.00384. The molecule has 0 amide bonds. The van der Waals surface area contributed by atoms with E-state index in [0.717, 1.165) is 38.4 Å². The Morgan fingerprint density at radius 1 is 0.667 bits per heavy atom. The second-order valence-electron chi connectivity index (χ2n) is 5.92. The summed E-state index contributed by atoms with van der Waals surface area (Å²) in [6, 6.07) is 25.8. The number of rotatable bonds is 1. The Morgan fingerprint density at radius 3 is 2.08 bits per heavy atom. The Hall–Kier alpha value is -3.33. The molecule has 0 atom stereocenters. The monoisotopic (exact) mass is 310 g/mol. The van der Waals surface area contributed by atoms with Crippen LogP contribution in [0.15, 0.2) is 83.7 Å². The van der Waals surface area contributed by atoms with Gasteiger partial charge in [-0.2, -0.15) is 0 Å². The maximum Gasteiger partial charge on any atom is 0.264 e. The average molecular weight is 310 g/mol. The molecule has 0 aliphatic heterocycles. The first-order valence-corrected chi connectivity index (χ1v) is 7.94. The minimum Gasteiger partial charge on any atom is -0.340 e. The zero-order valence-electron chi connectivity index (χ0n) is 12.9. The van der Waals surface area contributed by atoms with Crippen molar-refractivity contribution in [3.8, 4) is 5.69 Å². The molecule has 0 saturated carbocycles. The van der Waals surface area contributed by atoms with Crippen molar-refractivity contribution in [3.05, 3.63) is 89.2 Å². The maximum atomic E-state index is 13.2. The zero-order valence-corrected chi connectivity index (χ0v) is 12.9. The Kier molecular flexibility index (Phi) is 2.65. The number of H-pyrrole nitrogens is 1. The van der Waals surface area contributed by atoms with E-state index in [1.807, 2.05) is 72.8 Å². The Balaban J connectivity index is 2.12. The largest absolute Gasteiger partial charge is 0.340 e. The van der Waals surface area contributed by atoms with Crippen LogP contribution in [0.1, 0.15) is 0 Å². The van der Waals surface area contributed by atoms with Crippen LogP contribution in [0, 0.1) is 0 Å². The van der Waals surface area contributed by atoms with Crippen LogP contribution in [0.2, 0.25) is 0 Å². The number of benzene rings is 3. The van der Waals surface area contributed by atoms with Gasteiger partial charge in [-0.3, -0.25) is 9.36 Å². The second kappa shape index (κ2) is 4.83. The van der Waals surface area contributed by atoms with E-state index >= 15 is 0 Å². The molecule has 0 spiro atoms. The van der Waals surface area contributed by atoms with Crippen molar-refractivity contribution in [2.75, 3.05) is 0 Å². The predicted molar refractivity (Wildman–Crippen MR) is 98.9 cm³/mol. The molecule has 5 rings (SSSR count). The van der Waals surface area contributed by atoms with Crippen molar-refractivity contribution in [1.29, 1.82) is 0 Å². The molecular weight excluding hydrogens is 296 g/mol. The van der Waals surface area contributed by atoms with Gasteiger partial charge in [0, 0.05) is 21.7 Å². The van der Waals surface area contributed by atoms with Gasteiger partial charge in [0.25, 0.3) is 5.56 Å². The summed E-state index contributed by atoms with van der Waals surface area (Å²) in [6.45, 7) is 0. The highest BCUT2D eigenvalue weighted by Gasteiger charge is 2.15. The van der Waals surface area contributed by atoms with Gasteiger partial charge >= 0.3 is 0 Å². The van der Waals surface area contributed by atoms with Gasteiger partial charge in [-0.15, -0.1) is 0 Å². The van der Waals surface area contributed by atoms with E-state index in [2.05, 4.69) is 11.1 Å². The first-order valence-electron chi connectivity index (χ1n) is 7.94. The SMILES string of the molecule is O=c1c2ccccc2c2c3ccccc3[nH]c2n1-c1ccccc1. The number of nitrogens with zero attached hydrogens (tertiary/aromatic N) is 1. The summed E-state index contributed by atoms with van der Waals surface area (Å²) in [5, 5.41) is 3.94. The summed E-state index contributed by atoms with van der Waals surface area (Å²) < 4.78 is 1.78. The molecule has 0 aliphatic rings. The molecular formula is C21H14N2O. The average Bonchev–Trinajstić information content (AvgIpc) is 3.02. The first-order chi connectivity index (χ1) is 11.8. The Bertz CT molecular complexity index is 1260. The van der Waals surface area contributed by atoms with E-state index in [-0.39, 0.29) is 5.56 Å². The maximum absolute atomic E-state index is 13.2. The first kappa shape index (κ1) is 13.1. The third-order valence-corrected chi connectivity index (χ3v) is 4.55. The van der Waals surface area contributed by atoms with Crippen molar-refractivity contribution in [1.82, 2.24) is 9.55 Å². The van der Waals surface area contributed by atoms with Crippen LogP contribution >= 0.6 is 0 Å². The van der Waals surface area contributed by atoms with Crippen molar-refractivity contribution >= 4 is 32.7 Å². The fraction of sp³-hybridized carbons (Fsp3) is 0. The van der Waals surface area contributed by atoms with E-state index in [1.165, 1.54) is 0 Å². The topological polar surface area (TPSA) is 37.8 Å². The van der Waals surface area contributed by atoms with Crippen molar-refractivity contribution in [2.45, 2.75) is 0 Å². The molecule has 24 heavy (non-hydrogen) atoms. The lowest BCUT2D eigenvalue weighted by Crippen LogP contribution is -2.19. The molecule has 5 aromatic rings. The van der Waals surface area contributed by atoms with E-state index in [4.69, 9.17) is 0 Å². The molecule has 0 bridgehead atoms. The highest BCUT2D eigenvalue weighted by Crippen LogP contribution is 2.31. The molecule has 0 aliphatic carbocycles. The molecule has 1 N–H and O–H groups in total. The van der Waals surface area contributed by atoms with Crippen molar-refractivity contribution < 1.29 is 0 Å². The van der Waals surface area contributed by atoms with E-state index in [1.54, 1.807) is 4.57 Å². The molecule has 2 aromatic heterocycles. The van der Waals surface area contributed by atoms with Crippen molar-refractivity contribution in [2.24, 2.45) is 0 Å². The van der Waals surface area contributed by atoms with Crippen LogP contribution in [0.25, 0.3) is 38.4 Å². The third kappa shape index (κ3) is 1.69. The molecule has 3 nitrogen and oxygen atoms in total. The summed E-state index contributed by atoms with van der Waals surface area (Å²) in [7, 11) is 0. The van der Waals surface area contributed by atoms with Crippen LogP contribution in [0.4, 0.5) is 0 Å². The lowest BCUT2D eigenvalue weighted by Gasteiger charge is -2.10. The van der Waals surface area contributed by atoms with Crippen LogP contribution in [-0.4, -0.2) is 9.55 Å². The fourth-order valence-electron chi connectivity index (χ4n) is 3.50. The Morgan fingerprint density at radius 2 is 1.29 bits per heavy atom. The molecule has 2 heterocycles. The van der Waals surface area contributed by atoms with Gasteiger partial charge < -0.3 is 4.98 Å². The number of pyridine rings is 1. The van der Waals surface area contributed by atoms with E-state index in [0.29, 0.717) is 0 Å². The normalized spacial score (nSPS) is 11.5. The number of fused-ring (bicyclic) bond motifs is 5. The van der Waals surface area contributed by atoms with Gasteiger partial charge in [-0.05, 0) is 29.7 Å². The summed E-state index contributed by atoms with van der Waals surface area (Å²) in [4.78, 5) is 16.6. The van der Waals surface area contributed by atoms with Gasteiger partial charge in [-0.1, -0.05) is 54.6 Å². The second-order valence-corrected chi connectivity index (χ2v) is 5.92. The lowest BCUT2D eigenvalue weighted by atomic mass is 10.1. The van der Waals surface area contributed by atoms with Crippen LogP contribution in [0.3, 0.4) is 0 Å². The minimum atomic E-state index is -0.00384. The molecule has 0 saturated heterocycles. The number of aromatic amines is 1. The predicted octanol–water partition coefficient (Wildman–Crippen LogP) is 4.63. The number of para-hydroxylation sites is 2. The molecule has 3 heteroatoms. The van der Waals surface area contributed by atoms with Gasteiger partial charge in [0.2, 0.25) is 0 Å². The zero-order chi connectivity index (χ0) is 16.1. The number of hydrogen-bond acceptors (Lipinski definition) is 1. The summed E-state index contributed by atoms with van der Waals surface area (Å²) in [5.74, 6) is 0. The van der Waals surface area contributed by atoms with Crippen LogP contribution < -0.4 is 5.56 Å². The molecule has 0 fully saturated rings. The van der Waals surface area contributed by atoms with Gasteiger partial charge in [0.05, 0.1) is 5.69 Å². The molecule has 114 valence electrons. The molecule has 0 radical (unpaired) electrons. The van der Waals surface area contributed by atoms with E-state index < -0.39 is 0 Å². The van der Waals surface area contributed by atoms with Crippen LogP contribution in [0.5, 0.6) is 0 Å². The summed E-state index contributed by atoms with van der Waals surface area (Å²) in [5.41, 5.74) is 2.74. The summed E-state index contributed by atoms with van der Waals surface area (Å²) in [6.07, 6.45) is 0. The highest BCUT2D eigenvalue weighted by atomic mass is 16.1. The smallest absolute Gasteiger partial charge is 0.264 e. The van der Waals surface area contributed by atoms with Gasteiger partial charge in [0.15, 0.2) is 0 Å². The third-order valence-electron chi connectivity index (χ3n) is 4.55. The standard InChI is InChI=1S/C21H14N2O/c24-21-16-11-5-4-10-15(16)19-17-12-6-7-13-18(17)22-20(19)23(21)14-8-2-1-3-9-14/h1-13,22H. The number of hydrogen-bond donors (Lipinski definition) is 1. The van der Waals surface area contributed by atoms with Crippen molar-refractivity contribution in [3.63, 3.8) is 0 Å². The Labute approximate surface area is 137 Å². The lowest BCUT2D eigenvalue weighted by molar-refractivity contribution is 1.04. The quantitative estimate of drug-likeness (QED) is 0.482. The van der Waals surface area contributed by atoms with Crippen LogP contribution in [-0.2, 0) is 0 Å².